The van der Waals surface area contributed by atoms with Crippen molar-refractivity contribution < 1.29 is 0 Å². The van der Waals surface area contributed by atoms with Crippen molar-refractivity contribution >= 4 is 23.0 Å². The first-order chi connectivity index (χ1) is 7.04. The van der Waals surface area contributed by atoms with Crippen molar-refractivity contribution in [3.05, 3.63) is 23.2 Å². The molecule has 80 valence electrons. The molecule has 0 saturated heterocycles. The molecule has 0 aromatic heterocycles. The van der Waals surface area contributed by atoms with Gasteiger partial charge in [-0.1, -0.05) is 11.6 Å². The van der Waals surface area contributed by atoms with E-state index in [4.69, 9.17) is 22.6 Å². The molecule has 0 amide bonds. The Hall–Kier alpha value is -1.40. The molecular formula is C11H14ClN3. The molecule has 0 spiro atoms. The molecule has 0 aliphatic carbocycles. The maximum atomic E-state index is 8.71. The Balaban J connectivity index is 2.83. The molecule has 0 bridgehead atoms. The summed E-state index contributed by atoms with van der Waals surface area (Å²) in [7, 11) is 1.91. The van der Waals surface area contributed by atoms with Crippen LogP contribution in [0, 0.1) is 17.2 Å². The van der Waals surface area contributed by atoms with E-state index in [2.05, 4.69) is 6.07 Å². The largest absolute Gasteiger partial charge is 0.397 e. The minimum atomic E-state index is -0.0231. The van der Waals surface area contributed by atoms with Crippen LogP contribution >= 0.6 is 11.6 Å². The fraction of sp³-hybridized carbons (Fsp3) is 0.364. The van der Waals surface area contributed by atoms with Crippen molar-refractivity contribution in [2.75, 3.05) is 24.2 Å². The predicted octanol–water partition coefficient (Wildman–Crippen LogP) is 2.52. The third-order valence-electron chi connectivity index (χ3n) is 2.17. The van der Waals surface area contributed by atoms with E-state index in [1.807, 2.05) is 24.9 Å². The van der Waals surface area contributed by atoms with Gasteiger partial charge in [-0.2, -0.15) is 5.26 Å². The second-order valence-electron chi connectivity index (χ2n) is 3.61. The molecule has 4 heteroatoms. The number of nitriles is 1. The maximum absolute atomic E-state index is 8.71. The third kappa shape index (κ3) is 3.03. The second kappa shape index (κ2) is 4.90. The lowest BCUT2D eigenvalue weighted by atomic mass is 10.2. The highest BCUT2D eigenvalue weighted by Crippen LogP contribution is 2.25. The van der Waals surface area contributed by atoms with Crippen LogP contribution in [0.2, 0.25) is 5.02 Å². The van der Waals surface area contributed by atoms with Gasteiger partial charge in [0.05, 0.1) is 23.4 Å². The Morgan fingerprint density at radius 3 is 2.80 bits per heavy atom. The summed E-state index contributed by atoms with van der Waals surface area (Å²) in [4.78, 5) is 1.96. The number of halogens is 1. The van der Waals surface area contributed by atoms with Crippen LogP contribution in [0.15, 0.2) is 18.2 Å². The fourth-order valence-electron chi connectivity index (χ4n) is 1.42. The van der Waals surface area contributed by atoms with E-state index in [1.165, 1.54) is 0 Å². The van der Waals surface area contributed by atoms with Crippen LogP contribution in [0.1, 0.15) is 6.92 Å². The molecule has 1 unspecified atom stereocenters. The van der Waals surface area contributed by atoms with E-state index in [-0.39, 0.29) is 5.92 Å². The van der Waals surface area contributed by atoms with Gasteiger partial charge in [-0.25, -0.2) is 0 Å². The minimum absolute atomic E-state index is 0.0231. The van der Waals surface area contributed by atoms with E-state index in [9.17, 15) is 0 Å². The van der Waals surface area contributed by atoms with Crippen LogP contribution in [-0.4, -0.2) is 13.6 Å². The molecule has 15 heavy (non-hydrogen) atoms. The van der Waals surface area contributed by atoms with E-state index in [0.29, 0.717) is 17.3 Å². The first-order valence-corrected chi connectivity index (χ1v) is 5.08. The van der Waals surface area contributed by atoms with Crippen LogP contribution in [0.5, 0.6) is 0 Å². The topological polar surface area (TPSA) is 53.0 Å². The molecule has 1 aromatic carbocycles. The summed E-state index contributed by atoms with van der Waals surface area (Å²) in [6, 6.07) is 7.56. The van der Waals surface area contributed by atoms with Gasteiger partial charge in [0.15, 0.2) is 0 Å². The zero-order chi connectivity index (χ0) is 11.4. The summed E-state index contributed by atoms with van der Waals surface area (Å²) in [6.45, 7) is 2.53. The summed E-state index contributed by atoms with van der Waals surface area (Å²) in [5.74, 6) is -0.0231. The van der Waals surface area contributed by atoms with Gasteiger partial charge in [0.1, 0.15) is 0 Å². The van der Waals surface area contributed by atoms with Gasteiger partial charge in [-0.15, -0.1) is 0 Å². The first kappa shape index (κ1) is 11.7. The normalized spacial score (nSPS) is 11.9. The zero-order valence-corrected chi connectivity index (χ0v) is 9.62. The van der Waals surface area contributed by atoms with Crippen LogP contribution in [0.3, 0.4) is 0 Å². The first-order valence-electron chi connectivity index (χ1n) is 4.70. The lowest BCUT2D eigenvalue weighted by Gasteiger charge is -2.22. The Morgan fingerprint density at radius 1 is 1.60 bits per heavy atom. The quantitative estimate of drug-likeness (QED) is 0.802. The van der Waals surface area contributed by atoms with Crippen LogP contribution in [-0.2, 0) is 0 Å². The molecule has 1 atom stereocenters. The van der Waals surface area contributed by atoms with Crippen LogP contribution in [0.25, 0.3) is 0 Å². The smallest absolute Gasteiger partial charge is 0.0671 e. The number of hydrogen-bond donors (Lipinski definition) is 1. The molecule has 0 saturated carbocycles. The summed E-state index contributed by atoms with van der Waals surface area (Å²) in [6.07, 6.45) is 0. The number of nitrogens with zero attached hydrogens (tertiary/aromatic N) is 2. The van der Waals surface area contributed by atoms with Gasteiger partial charge in [-0.3, -0.25) is 0 Å². The lowest BCUT2D eigenvalue weighted by molar-refractivity contribution is 0.717. The number of hydrogen-bond acceptors (Lipinski definition) is 3. The molecule has 0 radical (unpaired) electrons. The Kier molecular flexibility index (Phi) is 3.81. The average Bonchev–Trinajstić information content (AvgIpc) is 2.17. The van der Waals surface area contributed by atoms with Crippen molar-refractivity contribution in [3.8, 4) is 6.07 Å². The molecule has 0 heterocycles. The standard InChI is InChI=1S/C11H14ClN3/c1-8(6-13)7-15(2)11-4-3-9(12)5-10(11)14/h3-5,8H,7,14H2,1-2H3. The molecule has 3 nitrogen and oxygen atoms in total. The van der Waals surface area contributed by atoms with Gasteiger partial charge in [0.25, 0.3) is 0 Å². The van der Waals surface area contributed by atoms with Crippen LogP contribution in [0.4, 0.5) is 11.4 Å². The summed E-state index contributed by atoms with van der Waals surface area (Å²) in [5, 5.41) is 9.34. The van der Waals surface area contributed by atoms with E-state index >= 15 is 0 Å². The van der Waals surface area contributed by atoms with Gasteiger partial charge < -0.3 is 10.6 Å². The van der Waals surface area contributed by atoms with Gasteiger partial charge in [-0.05, 0) is 25.1 Å². The lowest BCUT2D eigenvalue weighted by Crippen LogP contribution is -2.23. The highest BCUT2D eigenvalue weighted by atomic mass is 35.5. The second-order valence-corrected chi connectivity index (χ2v) is 4.05. The molecule has 1 rings (SSSR count). The summed E-state index contributed by atoms with van der Waals surface area (Å²) >= 11 is 5.80. The Labute approximate surface area is 95.1 Å². The monoisotopic (exact) mass is 223 g/mol. The number of nitrogens with two attached hydrogens (primary N) is 1. The number of anilines is 2. The third-order valence-corrected chi connectivity index (χ3v) is 2.40. The van der Waals surface area contributed by atoms with Gasteiger partial charge in [0.2, 0.25) is 0 Å². The summed E-state index contributed by atoms with van der Waals surface area (Å²) in [5.41, 5.74) is 7.37. The van der Waals surface area contributed by atoms with Crippen molar-refractivity contribution in [1.82, 2.24) is 0 Å². The highest BCUT2D eigenvalue weighted by Gasteiger charge is 2.09. The number of rotatable bonds is 3. The molecular weight excluding hydrogens is 210 g/mol. The molecule has 0 fully saturated rings. The number of benzene rings is 1. The van der Waals surface area contributed by atoms with E-state index in [0.717, 1.165) is 5.69 Å². The number of nitrogen functional groups attached to an aromatic ring is 1. The maximum Gasteiger partial charge on any atom is 0.0671 e. The zero-order valence-electron chi connectivity index (χ0n) is 8.87. The van der Waals surface area contributed by atoms with Gasteiger partial charge >= 0.3 is 0 Å². The van der Waals surface area contributed by atoms with Crippen molar-refractivity contribution in [3.63, 3.8) is 0 Å². The van der Waals surface area contributed by atoms with Crippen molar-refractivity contribution in [1.29, 1.82) is 5.26 Å². The Morgan fingerprint density at radius 2 is 2.27 bits per heavy atom. The molecule has 1 aromatic rings. The minimum Gasteiger partial charge on any atom is -0.397 e. The molecule has 0 aliphatic rings. The molecule has 0 aliphatic heterocycles. The summed E-state index contributed by atoms with van der Waals surface area (Å²) < 4.78 is 0. The fourth-order valence-corrected chi connectivity index (χ4v) is 1.60. The Bertz CT molecular complexity index is 384. The van der Waals surface area contributed by atoms with Gasteiger partial charge in [0, 0.05) is 18.6 Å². The van der Waals surface area contributed by atoms with E-state index in [1.54, 1.807) is 12.1 Å². The van der Waals surface area contributed by atoms with E-state index < -0.39 is 0 Å². The van der Waals surface area contributed by atoms with Crippen molar-refractivity contribution in [2.45, 2.75) is 6.92 Å². The highest BCUT2D eigenvalue weighted by molar-refractivity contribution is 6.31. The predicted molar refractivity (Wildman–Crippen MR) is 63.9 cm³/mol. The average molecular weight is 224 g/mol. The molecule has 2 N–H and O–H groups in total. The van der Waals surface area contributed by atoms with Crippen LogP contribution < -0.4 is 10.6 Å². The van der Waals surface area contributed by atoms with Crippen molar-refractivity contribution in [2.24, 2.45) is 5.92 Å². The SMILES string of the molecule is CC(C#N)CN(C)c1ccc(Cl)cc1N.